The van der Waals surface area contributed by atoms with Crippen molar-refractivity contribution in [3.05, 3.63) is 76.8 Å². The van der Waals surface area contributed by atoms with Gasteiger partial charge in [-0.3, -0.25) is 5.43 Å². The van der Waals surface area contributed by atoms with Crippen molar-refractivity contribution in [1.82, 2.24) is 25.6 Å². The molecule has 4 rings (SSSR count). The molecule has 0 saturated carbocycles. The van der Waals surface area contributed by atoms with E-state index in [1.54, 1.807) is 6.33 Å². The Morgan fingerprint density at radius 1 is 1.10 bits per heavy atom. The molecular weight excluding hydrogens is 400 g/mol. The molecule has 3 aromatic rings. The topological polar surface area (TPSA) is 77.7 Å². The molecule has 0 bridgehead atoms. The van der Waals surface area contributed by atoms with E-state index in [9.17, 15) is 5.11 Å². The fourth-order valence-electron chi connectivity index (χ4n) is 3.46. The third-order valence-corrected chi connectivity index (χ3v) is 5.40. The van der Waals surface area contributed by atoms with Crippen LogP contribution in [0, 0.1) is 0 Å². The van der Waals surface area contributed by atoms with Crippen LogP contribution in [0.4, 0.5) is 0 Å². The highest BCUT2D eigenvalue weighted by Gasteiger charge is 2.20. The quantitative estimate of drug-likeness (QED) is 0.515. The molecule has 2 aromatic carbocycles. The summed E-state index contributed by atoms with van der Waals surface area (Å²) in [5, 5.41) is 16.3. The molecule has 1 aliphatic rings. The van der Waals surface area contributed by atoms with Crippen LogP contribution in [0.25, 0.3) is 11.1 Å². The number of hydrogen-bond acceptors (Lipinski definition) is 6. The van der Waals surface area contributed by atoms with Gasteiger partial charge in [-0.2, -0.15) is 0 Å². The molecule has 0 radical (unpaired) electrons. The van der Waals surface area contributed by atoms with Gasteiger partial charge in [-0.05, 0) is 29.2 Å². The van der Waals surface area contributed by atoms with Gasteiger partial charge in [-0.25, -0.2) is 10.5 Å². The fourth-order valence-corrected chi connectivity index (χ4v) is 3.67. The summed E-state index contributed by atoms with van der Waals surface area (Å²) in [6.07, 6.45) is 3.83. The first kappa shape index (κ1) is 20.4. The molecule has 0 aliphatic carbocycles. The van der Waals surface area contributed by atoms with Gasteiger partial charge in [0.1, 0.15) is 0 Å². The van der Waals surface area contributed by atoms with Gasteiger partial charge < -0.3 is 9.67 Å². The number of aliphatic hydroxyl groups excluding tert-OH is 1. The number of nitrogens with zero attached hydrogens (tertiary/aromatic N) is 4. The molecule has 7 nitrogen and oxygen atoms in total. The maximum atomic E-state index is 9.60. The third-order valence-electron chi connectivity index (χ3n) is 5.08. The van der Waals surface area contributed by atoms with E-state index < -0.39 is 0 Å². The molecular formula is C22H25ClN6O. The number of halogens is 1. The normalized spacial score (nSPS) is 13.8. The summed E-state index contributed by atoms with van der Waals surface area (Å²) in [5.41, 5.74) is 11.3. The Balaban J connectivity index is 1.67. The second-order valence-corrected chi connectivity index (χ2v) is 7.55. The monoisotopic (exact) mass is 424 g/mol. The van der Waals surface area contributed by atoms with Crippen LogP contribution in [0.15, 0.2) is 60.0 Å². The summed E-state index contributed by atoms with van der Waals surface area (Å²) in [5.74, 6) is 0.776. The Morgan fingerprint density at radius 3 is 2.70 bits per heavy atom. The van der Waals surface area contributed by atoms with Crippen molar-refractivity contribution in [2.75, 3.05) is 6.54 Å². The molecule has 30 heavy (non-hydrogen) atoms. The lowest BCUT2D eigenvalue weighted by molar-refractivity contribution is 0.177. The molecule has 0 saturated heterocycles. The Hall–Kier alpha value is -2.87. The SMILES string of the molecule is CCCCN1NN=C(c2cc(Cn3cnc(Cl)c3CO)ccc2-c2ccccc2)N1. The average Bonchev–Trinajstić information content (AvgIpc) is 3.39. The number of rotatable bonds is 8. The minimum absolute atomic E-state index is 0.154. The van der Waals surface area contributed by atoms with Crippen LogP contribution in [-0.2, 0) is 13.2 Å². The number of hydrazone groups is 1. The summed E-state index contributed by atoms with van der Waals surface area (Å²) in [6.45, 7) is 3.42. The smallest absolute Gasteiger partial charge is 0.171 e. The van der Waals surface area contributed by atoms with E-state index in [0.29, 0.717) is 17.4 Å². The summed E-state index contributed by atoms with van der Waals surface area (Å²) in [4.78, 5) is 4.10. The van der Waals surface area contributed by atoms with Crippen LogP contribution < -0.4 is 11.0 Å². The van der Waals surface area contributed by atoms with Crippen molar-refractivity contribution in [3.8, 4) is 11.1 Å². The lowest BCUT2D eigenvalue weighted by Gasteiger charge is -2.17. The molecule has 0 atom stereocenters. The first-order valence-electron chi connectivity index (χ1n) is 10.1. The van der Waals surface area contributed by atoms with Gasteiger partial charge in [0.2, 0.25) is 0 Å². The second-order valence-electron chi connectivity index (χ2n) is 7.19. The van der Waals surface area contributed by atoms with Crippen molar-refractivity contribution in [3.63, 3.8) is 0 Å². The highest BCUT2D eigenvalue weighted by Crippen LogP contribution is 2.26. The molecule has 1 aromatic heterocycles. The van der Waals surface area contributed by atoms with Gasteiger partial charge in [0.15, 0.2) is 11.0 Å². The number of imidazole rings is 1. The number of unbranched alkanes of at least 4 members (excludes halogenated alkanes) is 1. The van der Waals surface area contributed by atoms with Crippen molar-refractivity contribution in [2.45, 2.75) is 32.9 Å². The van der Waals surface area contributed by atoms with Crippen LogP contribution in [-0.4, -0.2) is 32.2 Å². The standard InChI is InChI=1S/C22H25ClN6O/c1-2-3-11-29-26-22(25-27-29)19-12-16(13-28-15-24-21(23)20(28)14-30)9-10-18(19)17-7-5-4-6-8-17/h4-10,12,15,27,30H,2-3,11,13-14H2,1H3,(H,25,26). The van der Waals surface area contributed by atoms with Crippen molar-refractivity contribution < 1.29 is 5.11 Å². The highest BCUT2D eigenvalue weighted by molar-refractivity contribution is 6.30. The van der Waals surface area contributed by atoms with Crippen molar-refractivity contribution >= 4 is 17.4 Å². The number of benzene rings is 2. The van der Waals surface area contributed by atoms with Gasteiger partial charge >= 0.3 is 0 Å². The Labute approximate surface area is 180 Å². The van der Waals surface area contributed by atoms with Crippen molar-refractivity contribution in [1.29, 1.82) is 0 Å². The minimum atomic E-state index is -0.154. The van der Waals surface area contributed by atoms with Gasteiger partial charge in [0.25, 0.3) is 0 Å². The number of amidine groups is 1. The molecule has 1 aliphatic heterocycles. The zero-order valence-corrected chi connectivity index (χ0v) is 17.6. The summed E-state index contributed by atoms with van der Waals surface area (Å²) in [7, 11) is 0. The van der Waals surface area contributed by atoms with E-state index >= 15 is 0 Å². The Kier molecular flexibility index (Phi) is 6.32. The average molecular weight is 425 g/mol. The van der Waals surface area contributed by atoms with Crippen molar-refractivity contribution in [2.24, 2.45) is 5.10 Å². The first-order valence-corrected chi connectivity index (χ1v) is 10.4. The third kappa shape index (κ3) is 4.33. The molecule has 8 heteroatoms. The number of aromatic nitrogens is 2. The fraction of sp³-hybridized carbons (Fsp3) is 0.273. The lowest BCUT2D eigenvalue weighted by Crippen LogP contribution is -2.42. The van der Waals surface area contributed by atoms with Crippen LogP contribution in [0.5, 0.6) is 0 Å². The van der Waals surface area contributed by atoms with Crippen LogP contribution in [0.2, 0.25) is 5.15 Å². The molecule has 0 spiro atoms. The predicted molar refractivity (Wildman–Crippen MR) is 119 cm³/mol. The Morgan fingerprint density at radius 2 is 1.93 bits per heavy atom. The van der Waals surface area contributed by atoms with Crippen LogP contribution in [0.3, 0.4) is 0 Å². The molecule has 156 valence electrons. The predicted octanol–water partition coefficient (Wildman–Crippen LogP) is 3.53. The van der Waals surface area contributed by atoms with Gasteiger partial charge in [0, 0.05) is 18.7 Å². The van der Waals surface area contributed by atoms with E-state index in [1.807, 2.05) is 27.9 Å². The maximum Gasteiger partial charge on any atom is 0.171 e. The zero-order valence-electron chi connectivity index (χ0n) is 16.8. The molecule has 0 unspecified atom stereocenters. The largest absolute Gasteiger partial charge is 0.390 e. The molecule has 0 amide bonds. The number of aliphatic hydroxyl groups is 1. The first-order chi connectivity index (χ1) is 14.7. The van der Waals surface area contributed by atoms with Crippen LogP contribution >= 0.6 is 11.6 Å². The van der Waals surface area contributed by atoms with Crippen LogP contribution in [0.1, 0.15) is 36.6 Å². The molecule has 3 N–H and O–H groups in total. The van der Waals surface area contributed by atoms with Gasteiger partial charge in [-0.1, -0.05) is 67.4 Å². The summed E-state index contributed by atoms with van der Waals surface area (Å²) in [6, 6.07) is 16.6. The second kappa shape index (κ2) is 9.30. The highest BCUT2D eigenvalue weighted by atomic mass is 35.5. The van der Waals surface area contributed by atoms with E-state index in [2.05, 4.69) is 58.3 Å². The van der Waals surface area contributed by atoms with E-state index in [1.165, 1.54) is 0 Å². The number of nitrogens with one attached hydrogen (secondary N) is 2. The maximum absolute atomic E-state index is 9.60. The minimum Gasteiger partial charge on any atom is -0.390 e. The Bertz CT molecular complexity index is 1030. The van der Waals surface area contributed by atoms with Gasteiger partial charge in [0.05, 0.1) is 18.6 Å². The van der Waals surface area contributed by atoms with E-state index in [-0.39, 0.29) is 6.61 Å². The molecule has 0 fully saturated rings. The summed E-state index contributed by atoms with van der Waals surface area (Å²) >= 11 is 6.07. The number of hydrazine groups is 2. The van der Waals surface area contributed by atoms with E-state index in [4.69, 9.17) is 11.6 Å². The van der Waals surface area contributed by atoms with Gasteiger partial charge in [-0.15, -0.1) is 10.2 Å². The zero-order chi connectivity index (χ0) is 20.9. The summed E-state index contributed by atoms with van der Waals surface area (Å²) < 4.78 is 1.86. The number of hydrogen-bond donors (Lipinski definition) is 3. The lowest BCUT2D eigenvalue weighted by atomic mass is 9.96. The van der Waals surface area contributed by atoms with E-state index in [0.717, 1.165) is 47.5 Å². The molecule has 2 heterocycles.